The van der Waals surface area contributed by atoms with Crippen molar-refractivity contribution in [3.05, 3.63) is 66.0 Å². The van der Waals surface area contributed by atoms with Crippen molar-refractivity contribution in [2.45, 2.75) is 0 Å². The fraction of sp³-hybridized carbons (Fsp3) is 0. The number of allylic oxidation sites excluding steroid dienone is 6. The van der Waals surface area contributed by atoms with E-state index in [-0.39, 0.29) is 22.8 Å². The van der Waals surface area contributed by atoms with E-state index in [1.807, 2.05) is 30.3 Å². The molecule has 0 unspecified atom stereocenters. The Bertz CT molecular complexity index is 328. The second-order valence-corrected chi connectivity index (χ2v) is 2.64. The Balaban J connectivity index is 0.000000280. The van der Waals surface area contributed by atoms with E-state index in [9.17, 15) is 4.79 Å². The molecule has 2 rings (SSSR count). The molecule has 1 aromatic carbocycles. The van der Waals surface area contributed by atoms with Crippen LogP contribution in [0.1, 0.15) is 0 Å². The average molecular weight is 243 g/mol. The first kappa shape index (κ1) is 13.6. The van der Waals surface area contributed by atoms with E-state index in [2.05, 4.69) is 0 Å². The third kappa shape index (κ3) is 5.11. The molecule has 0 amide bonds. The molecule has 15 heavy (non-hydrogen) atoms. The summed E-state index contributed by atoms with van der Waals surface area (Å²) in [6, 6.07) is 10.0. The Hall–Kier alpha value is -1.44. The quantitative estimate of drug-likeness (QED) is 0.270. The summed E-state index contributed by atoms with van der Waals surface area (Å²) < 4.78 is 0. The zero-order valence-corrected chi connectivity index (χ0v) is 9.09. The minimum atomic E-state index is -0.208. The number of rotatable bonds is 1. The van der Waals surface area contributed by atoms with Gasteiger partial charge in [-0.05, 0) is 0 Å². The van der Waals surface area contributed by atoms with Gasteiger partial charge < -0.3 is 5.11 Å². The average Bonchev–Trinajstić information content (AvgIpc) is 2.91. The Morgan fingerprint density at radius 1 is 1.20 bits per heavy atom. The summed E-state index contributed by atoms with van der Waals surface area (Å²) in [5.41, 5.74) is 0.574. The van der Waals surface area contributed by atoms with E-state index in [0.717, 1.165) is 0 Å². The SMILES string of the molecule is O=CC(O)=C1C=CC=C1.[Fe].c1cc[cH-]c1. The van der Waals surface area contributed by atoms with Crippen molar-refractivity contribution in [2.75, 3.05) is 0 Å². The van der Waals surface area contributed by atoms with E-state index in [4.69, 9.17) is 5.11 Å². The van der Waals surface area contributed by atoms with Gasteiger partial charge in [-0.15, -0.1) is 0 Å². The molecule has 0 saturated heterocycles. The van der Waals surface area contributed by atoms with Gasteiger partial charge in [-0.2, -0.15) is 18.2 Å². The fourth-order valence-electron chi connectivity index (χ4n) is 0.934. The van der Waals surface area contributed by atoms with Gasteiger partial charge in [0.15, 0.2) is 12.0 Å². The molecule has 0 radical (unpaired) electrons. The largest absolute Gasteiger partial charge is 0.504 e. The van der Waals surface area contributed by atoms with Crippen LogP contribution in [0.3, 0.4) is 0 Å². The number of hydrogen-bond acceptors (Lipinski definition) is 2. The number of aldehydes is 1. The van der Waals surface area contributed by atoms with E-state index in [0.29, 0.717) is 11.9 Å². The minimum absolute atomic E-state index is 0. The summed E-state index contributed by atoms with van der Waals surface area (Å²) in [5, 5.41) is 8.77. The van der Waals surface area contributed by atoms with Gasteiger partial charge in [0.25, 0.3) is 0 Å². The number of aliphatic hydroxyl groups is 1. The first-order valence-corrected chi connectivity index (χ1v) is 4.24. The van der Waals surface area contributed by atoms with Crippen molar-refractivity contribution < 1.29 is 27.0 Å². The number of aliphatic hydroxyl groups excluding tert-OH is 1. The Morgan fingerprint density at radius 2 is 1.73 bits per heavy atom. The van der Waals surface area contributed by atoms with E-state index >= 15 is 0 Å². The van der Waals surface area contributed by atoms with Crippen LogP contribution >= 0.6 is 0 Å². The van der Waals surface area contributed by atoms with Crippen LogP contribution < -0.4 is 0 Å². The molecule has 0 saturated carbocycles. The number of carbonyl (C=O) groups is 1. The topological polar surface area (TPSA) is 37.3 Å². The molecule has 1 N–H and O–H groups in total. The van der Waals surface area contributed by atoms with Gasteiger partial charge in [-0.1, -0.05) is 24.3 Å². The van der Waals surface area contributed by atoms with Crippen LogP contribution in [0.25, 0.3) is 0 Å². The van der Waals surface area contributed by atoms with Crippen LogP contribution in [-0.4, -0.2) is 11.4 Å². The van der Waals surface area contributed by atoms with Crippen molar-refractivity contribution in [1.29, 1.82) is 0 Å². The van der Waals surface area contributed by atoms with Gasteiger partial charge >= 0.3 is 0 Å². The Morgan fingerprint density at radius 3 is 2.07 bits per heavy atom. The second-order valence-electron chi connectivity index (χ2n) is 2.64. The first-order valence-electron chi connectivity index (χ1n) is 4.24. The van der Waals surface area contributed by atoms with Crippen molar-refractivity contribution in [1.82, 2.24) is 0 Å². The van der Waals surface area contributed by atoms with Gasteiger partial charge in [0, 0.05) is 22.6 Å². The summed E-state index contributed by atoms with van der Waals surface area (Å²) in [5.74, 6) is -0.208. The van der Waals surface area contributed by atoms with Crippen LogP contribution in [0.15, 0.2) is 66.0 Å². The normalized spacial score (nSPS) is 11.3. The van der Waals surface area contributed by atoms with Crippen molar-refractivity contribution in [3.8, 4) is 0 Å². The Kier molecular flexibility index (Phi) is 7.16. The zero-order chi connectivity index (χ0) is 10.2. The van der Waals surface area contributed by atoms with Crippen LogP contribution in [0.5, 0.6) is 0 Å². The summed E-state index contributed by atoms with van der Waals surface area (Å²) in [6.45, 7) is 0. The molecule has 0 bridgehead atoms. The molecule has 0 atom stereocenters. The summed E-state index contributed by atoms with van der Waals surface area (Å²) in [7, 11) is 0. The first-order chi connectivity index (χ1) is 6.84. The maximum Gasteiger partial charge on any atom is 0.185 e. The van der Waals surface area contributed by atoms with Gasteiger partial charge in [0.2, 0.25) is 0 Å². The maximum atomic E-state index is 9.92. The van der Waals surface area contributed by atoms with Crippen molar-refractivity contribution in [3.63, 3.8) is 0 Å². The molecule has 2 nitrogen and oxygen atoms in total. The molecule has 0 spiro atoms. The number of carbonyl (C=O) groups excluding carboxylic acids is 1. The van der Waals surface area contributed by atoms with E-state index in [1.54, 1.807) is 24.3 Å². The fourth-order valence-corrected chi connectivity index (χ4v) is 0.934. The van der Waals surface area contributed by atoms with Gasteiger partial charge in [0.05, 0.1) is 0 Å². The van der Waals surface area contributed by atoms with Crippen molar-refractivity contribution in [2.24, 2.45) is 0 Å². The van der Waals surface area contributed by atoms with Crippen LogP contribution in [0.2, 0.25) is 0 Å². The summed E-state index contributed by atoms with van der Waals surface area (Å²) in [6.07, 6.45) is 7.28. The molecule has 0 heterocycles. The molecular weight excluding hydrogens is 232 g/mol. The summed E-state index contributed by atoms with van der Waals surface area (Å²) >= 11 is 0. The van der Waals surface area contributed by atoms with Crippen molar-refractivity contribution >= 4 is 6.29 Å². The maximum absolute atomic E-state index is 9.92. The van der Waals surface area contributed by atoms with E-state index < -0.39 is 0 Å². The molecular formula is C12H11FeO2-. The standard InChI is InChI=1S/C7H6O2.C5H5.Fe/c8-5-7(9)6-3-1-2-4-6;1-2-4-5-3-1;/h1-5,9H;1-5H;/q;-1;. The van der Waals surface area contributed by atoms with Gasteiger partial charge in [-0.3, -0.25) is 4.79 Å². The molecule has 1 aromatic rings. The molecule has 3 heteroatoms. The smallest absolute Gasteiger partial charge is 0.185 e. The second kappa shape index (κ2) is 7.92. The predicted molar refractivity (Wildman–Crippen MR) is 56.0 cm³/mol. The number of hydrogen-bond donors (Lipinski definition) is 1. The zero-order valence-electron chi connectivity index (χ0n) is 7.98. The third-order valence-electron chi connectivity index (χ3n) is 1.63. The molecule has 1 aliphatic rings. The van der Waals surface area contributed by atoms with Gasteiger partial charge in [-0.25, -0.2) is 12.1 Å². The van der Waals surface area contributed by atoms with Crippen LogP contribution in [0.4, 0.5) is 0 Å². The predicted octanol–water partition coefficient (Wildman–Crippen LogP) is 2.53. The minimum Gasteiger partial charge on any atom is -0.504 e. The third-order valence-corrected chi connectivity index (χ3v) is 1.63. The summed E-state index contributed by atoms with van der Waals surface area (Å²) in [4.78, 5) is 9.92. The molecule has 1 aliphatic carbocycles. The molecule has 0 aliphatic heterocycles. The Labute approximate surface area is 99.5 Å². The molecule has 0 fully saturated rings. The molecule has 80 valence electrons. The van der Waals surface area contributed by atoms with Gasteiger partial charge in [0.1, 0.15) is 0 Å². The monoisotopic (exact) mass is 243 g/mol. The molecule has 0 aromatic heterocycles. The van der Waals surface area contributed by atoms with Crippen LogP contribution in [-0.2, 0) is 21.9 Å². The van der Waals surface area contributed by atoms with Crippen LogP contribution in [0, 0.1) is 0 Å². The van der Waals surface area contributed by atoms with E-state index in [1.165, 1.54) is 0 Å².